The van der Waals surface area contributed by atoms with E-state index in [9.17, 15) is 4.79 Å². The first-order valence-electron chi connectivity index (χ1n) is 5.37. The lowest BCUT2D eigenvalue weighted by Gasteiger charge is -2.35. The summed E-state index contributed by atoms with van der Waals surface area (Å²) in [6.07, 6.45) is 0. The molecule has 4 heteroatoms. The maximum atomic E-state index is 11.8. The molecule has 14 heavy (non-hydrogen) atoms. The van der Waals surface area contributed by atoms with Gasteiger partial charge in [-0.1, -0.05) is 6.92 Å². The molecule has 1 atom stereocenters. The van der Waals surface area contributed by atoms with E-state index < -0.39 is 0 Å². The molecule has 0 spiro atoms. The van der Waals surface area contributed by atoms with Gasteiger partial charge < -0.3 is 15.1 Å². The molecule has 1 unspecified atom stereocenters. The molecule has 1 aliphatic heterocycles. The van der Waals surface area contributed by atoms with Gasteiger partial charge in [0.15, 0.2) is 0 Å². The molecule has 1 amide bonds. The molecular formula is C10H21N3O. The number of nitrogens with zero attached hydrogens (tertiary/aromatic N) is 2. The number of amides is 1. The SMILES string of the molecule is CCN1CCN(C(=O)C(C)NC)CC1. The first-order valence-corrected chi connectivity index (χ1v) is 5.37. The van der Waals surface area contributed by atoms with Gasteiger partial charge in [-0.15, -0.1) is 0 Å². The molecule has 0 aliphatic carbocycles. The fourth-order valence-corrected chi connectivity index (χ4v) is 1.68. The van der Waals surface area contributed by atoms with Gasteiger partial charge in [0.2, 0.25) is 5.91 Å². The van der Waals surface area contributed by atoms with Crippen LogP contribution in [0.1, 0.15) is 13.8 Å². The minimum absolute atomic E-state index is 0.0526. The van der Waals surface area contributed by atoms with Crippen LogP contribution in [0.4, 0.5) is 0 Å². The van der Waals surface area contributed by atoms with Crippen LogP contribution in [0.5, 0.6) is 0 Å². The summed E-state index contributed by atoms with van der Waals surface area (Å²) in [5.74, 6) is 0.225. The number of rotatable bonds is 3. The van der Waals surface area contributed by atoms with E-state index in [1.54, 1.807) is 0 Å². The van der Waals surface area contributed by atoms with Gasteiger partial charge in [0, 0.05) is 26.2 Å². The standard InChI is InChI=1S/C10H21N3O/c1-4-12-5-7-13(8-6-12)10(14)9(2)11-3/h9,11H,4-8H2,1-3H3. The van der Waals surface area contributed by atoms with E-state index in [1.165, 1.54) is 0 Å². The Kier molecular flexibility index (Phi) is 4.35. The van der Waals surface area contributed by atoms with Crippen molar-refractivity contribution in [2.45, 2.75) is 19.9 Å². The van der Waals surface area contributed by atoms with E-state index in [1.807, 2.05) is 18.9 Å². The highest BCUT2D eigenvalue weighted by molar-refractivity contribution is 5.81. The van der Waals surface area contributed by atoms with Crippen molar-refractivity contribution in [1.82, 2.24) is 15.1 Å². The van der Waals surface area contributed by atoms with Crippen molar-refractivity contribution in [2.75, 3.05) is 39.8 Å². The molecular weight excluding hydrogens is 178 g/mol. The van der Waals surface area contributed by atoms with Crippen molar-refractivity contribution in [3.63, 3.8) is 0 Å². The van der Waals surface area contributed by atoms with Crippen LogP contribution in [-0.4, -0.2) is 61.5 Å². The Morgan fingerprint density at radius 1 is 1.36 bits per heavy atom. The lowest BCUT2D eigenvalue weighted by Crippen LogP contribution is -2.52. The first kappa shape index (κ1) is 11.5. The number of carbonyl (C=O) groups is 1. The lowest BCUT2D eigenvalue weighted by molar-refractivity contribution is -0.134. The summed E-state index contributed by atoms with van der Waals surface area (Å²) in [6, 6.07) is -0.0526. The summed E-state index contributed by atoms with van der Waals surface area (Å²) in [4.78, 5) is 16.1. The minimum Gasteiger partial charge on any atom is -0.339 e. The Balaban J connectivity index is 2.37. The maximum Gasteiger partial charge on any atom is 0.239 e. The number of carbonyl (C=O) groups excluding carboxylic acids is 1. The van der Waals surface area contributed by atoms with Gasteiger partial charge in [-0.05, 0) is 20.5 Å². The van der Waals surface area contributed by atoms with Crippen molar-refractivity contribution in [3.8, 4) is 0 Å². The van der Waals surface area contributed by atoms with Crippen LogP contribution < -0.4 is 5.32 Å². The molecule has 82 valence electrons. The first-order chi connectivity index (χ1) is 6.69. The number of hydrogen-bond acceptors (Lipinski definition) is 3. The molecule has 1 heterocycles. The van der Waals surface area contributed by atoms with Gasteiger partial charge in [-0.2, -0.15) is 0 Å². The predicted octanol–water partition coefficient (Wildman–Crippen LogP) is -0.242. The van der Waals surface area contributed by atoms with Gasteiger partial charge in [-0.25, -0.2) is 0 Å². The van der Waals surface area contributed by atoms with Gasteiger partial charge in [0.05, 0.1) is 6.04 Å². The van der Waals surface area contributed by atoms with Gasteiger partial charge in [0.25, 0.3) is 0 Å². The van der Waals surface area contributed by atoms with Crippen LogP contribution in [0.3, 0.4) is 0 Å². The van der Waals surface area contributed by atoms with E-state index in [2.05, 4.69) is 17.1 Å². The summed E-state index contributed by atoms with van der Waals surface area (Å²) in [5.41, 5.74) is 0. The van der Waals surface area contributed by atoms with Crippen molar-refractivity contribution < 1.29 is 4.79 Å². The van der Waals surface area contributed by atoms with E-state index in [-0.39, 0.29) is 11.9 Å². The van der Waals surface area contributed by atoms with Crippen molar-refractivity contribution in [3.05, 3.63) is 0 Å². The Bertz CT molecular complexity index is 188. The summed E-state index contributed by atoms with van der Waals surface area (Å²) in [6.45, 7) is 8.93. The largest absolute Gasteiger partial charge is 0.339 e. The van der Waals surface area contributed by atoms with Crippen molar-refractivity contribution in [2.24, 2.45) is 0 Å². The topological polar surface area (TPSA) is 35.6 Å². The number of nitrogens with one attached hydrogen (secondary N) is 1. The van der Waals surface area contributed by atoms with Gasteiger partial charge in [-0.3, -0.25) is 4.79 Å². The monoisotopic (exact) mass is 199 g/mol. The van der Waals surface area contributed by atoms with Gasteiger partial charge >= 0.3 is 0 Å². The molecule has 1 rings (SSSR count). The number of piperazine rings is 1. The minimum atomic E-state index is -0.0526. The number of hydrogen-bond donors (Lipinski definition) is 1. The average molecular weight is 199 g/mol. The second-order valence-electron chi connectivity index (χ2n) is 3.77. The molecule has 0 saturated carbocycles. The quantitative estimate of drug-likeness (QED) is 0.681. The third-order valence-electron chi connectivity index (χ3n) is 2.93. The Hall–Kier alpha value is -0.610. The van der Waals surface area contributed by atoms with E-state index >= 15 is 0 Å². The highest BCUT2D eigenvalue weighted by Crippen LogP contribution is 2.03. The van der Waals surface area contributed by atoms with Crippen LogP contribution in [0.2, 0.25) is 0 Å². The molecule has 1 fully saturated rings. The second kappa shape index (κ2) is 5.32. The third kappa shape index (κ3) is 2.69. The van der Waals surface area contributed by atoms with E-state index in [4.69, 9.17) is 0 Å². The molecule has 0 bridgehead atoms. The molecule has 1 N–H and O–H groups in total. The number of likely N-dealkylation sites (N-methyl/N-ethyl adjacent to an activating group) is 2. The van der Waals surface area contributed by atoms with Crippen molar-refractivity contribution >= 4 is 5.91 Å². The molecule has 0 aromatic heterocycles. The fraction of sp³-hybridized carbons (Fsp3) is 0.900. The Morgan fingerprint density at radius 2 is 1.93 bits per heavy atom. The highest BCUT2D eigenvalue weighted by Gasteiger charge is 2.22. The summed E-state index contributed by atoms with van der Waals surface area (Å²) in [7, 11) is 1.82. The van der Waals surface area contributed by atoms with Crippen LogP contribution in [0.15, 0.2) is 0 Å². The normalized spacial score (nSPS) is 20.9. The molecule has 1 saturated heterocycles. The second-order valence-corrected chi connectivity index (χ2v) is 3.77. The summed E-state index contributed by atoms with van der Waals surface area (Å²) in [5, 5.41) is 2.98. The Labute approximate surface area is 86.2 Å². The van der Waals surface area contributed by atoms with Crippen molar-refractivity contribution in [1.29, 1.82) is 0 Å². The third-order valence-corrected chi connectivity index (χ3v) is 2.93. The van der Waals surface area contributed by atoms with Crippen LogP contribution in [-0.2, 0) is 4.79 Å². The molecule has 1 aliphatic rings. The molecule has 4 nitrogen and oxygen atoms in total. The van der Waals surface area contributed by atoms with Crippen LogP contribution in [0.25, 0.3) is 0 Å². The smallest absolute Gasteiger partial charge is 0.239 e. The van der Waals surface area contributed by atoms with Crippen LogP contribution in [0, 0.1) is 0 Å². The van der Waals surface area contributed by atoms with E-state index in [0.29, 0.717) is 0 Å². The Morgan fingerprint density at radius 3 is 2.36 bits per heavy atom. The average Bonchev–Trinajstić information content (AvgIpc) is 2.27. The maximum absolute atomic E-state index is 11.8. The summed E-state index contributed by atoms with van der Waals surface area (Å²) < 4.78 is 0. The molecule has 0 aromatic rings. The molecule has 0 radical (unpaired) electrons. The highest BCUT2D eigenvalue weighted by atomic mass is 16.2. The lowest BCUT2D eigenvalue weighted by atomic mass is 10.2. The summed E-state index contributed by atoms with van der Waals surface area (Å²) >= 11 is 0. The fourth-order valence-electron chi connectivity index (χ4n) is 1.68. The zero-order valence-electron chi connectivity index (χ0n) is 9.42. The van der Waals surface area contributed by atoms with Crippen LogP contribution >= 0.6 is 0 Å². The zero-order chi connectivity index (χ0) is 10.6. The van der Waals surface area contributed by atoms with E-state index in [0.717, 1.165) is 32.7 Å². The zero-order valence-corrected chi connectivity index (χ0v) is 9.42. The predicted molar refractivity (Wildman–Crippen MR) is 57.2 cm³/mol. The van der Waals surface area contributed by atoms with Gasteiger partial charge in [0.1, 0.15) is 0 Å². The molecule has 0 aromatic carbocycles.